The lowest BCUT2D eigenvalue weighted by Gasteiger charge is -2.21. The van der Waals surface area contributed by atoms with Crippen LogP contribution in [0.2, 0.25) is 0 Å². The molecule has 39 heavy (non-hydrogen) atoms. The van der Waals surface area contributed by atoms with Gasteiger partial charge in [0, 0.05) is 41.8 Å². The number of aryl methyl sites for hydroxylation is 2. The maximum absolute atomic E-state index is 15.0. The van der Waals surface area contributed by atoms with Crippen molar-refractivity contribution in [2.75, 3.05) is 13.2 Å². The number of ketones is 1. The number of rotatable bonds is 10. The Hall–Kier alpha value is -3.36. The smallest absolute Gasteiger partial charge is 0.213 e. The first kappa shape index (κ1) is 27.2. The molecular formula is C31H33F2NO5. The average molecular weight is 538 g/mol. The molecule has 6 nitrogen and oxygen atoms in total. The Morgan fingerprint density at radius 3 is 2.49 bits per heavy atom. The number of aliphatic hydroxyl groups is 2. The van der Waals surface area contributed by atoms with E-state index in [0.717, 1.165) is 34.7 Å². The number of carbonyl (C=O) groups excluding carboxylic acids is 1. The highest BCUT2D eigenvalue weighted by Crippen LogP contribution is 2.61. The quantitative estimate of drug-likeness (QED) is 0.369. The molecule has 2 aliphatic carbocycles. The van der Waals surface area contributed by atoms with E-state index in [0.29, 0.717) is 23.1 Å². The summed E-state index contributed by atoms with van der Waals surface area (Å²) < 4.78 is 41.3. The highest BCUT2D eigenvalue weighted by molar-refractivity contribution is 5.84. The third-order valence-corrected chi connectivity index (χ3v) is 7.99. The molecule has 0 saturated heterocycles. The number of nitrogens with zero attached hydrogens (tertiary/aromatic N) is 1. The minimum absolute atomic E-state index is 0.105. The number of carbonyl (C=O) groups is 1. The van der Waals surface area contributed by atoms with Crippen LogP contribution in [0.25, 0.3) is 11.1 Å². The molecule has 0 bridgehead atoms. The summed E-state index contributed by atoms with van der Waals surface area (Å²) >= 11 is 0. The van der Waals surface area contributed by atoms with Crippen LogP contribution >= 0.6 is 0 Å². The van der Waals surface area contributed by atoms with Crippen LogP contribution in [0, 0.1) is 37.3 Å². The first-order chi connectivity index (χ1) is 18.5. The molecule has 2 aromatic carbocycles. The van der Waals surface area contributed by atoms with E-state index in [4.69, 9.17) is 9.47 Å². The molecule has 0 aliphatic heterocycles. The fourth-order valence-corrected chi connectivity index (χ4v) is 5.85. The van der Waals surface area contributed by atoms with Crippen molar-refractivity contribution in [2.45, 2.75) is 58.7 Å². The zero-order valence-electron chi connectivity index (χ0n) is 22.6. The summed E-state index contributed by atoms with van der Waals surface area (Å²) in [4.78, 5) is 16.1. The standard InChI is InChI=1S/C31H33F2NO5/c1-16-7-21(38-6-5-31(4,37)15-35)8-17(2)28(16)22-10-20(25(32)12-26(22)33)14-39-27-11-19-9-23-29(18(3)36)30(23)24(19)13-34-27/h7-8,10-13,23,29-30,35,37H,5-6,9,14-15H2,1-4H3/t23-,29-,30+,31?/m0/s1. The number of aromatic nitrogens is 1. The summed E-state index contributed by atoms with van der Waals surface area (Å²) in [5.41, 5.74) is 3.58. The van der Waals surface area contributed by atoms with Crippen LogP contribution in [0.1, 0.15) is 54.0 Å². The van der Waals surface area contributed by atoms with Gasteiger partial charge in [0.05, 0.1) is 18.8 Å². The maximum atomic E-state index is 15.0. The van der Waals surface area contributed by atoms with E-state index in [9.17, 15) is 23.8 Å². The van der Waals surface area contributed by atoms with Crippen molar-refractivity contribution in [3.63, 3.8) is 0 Å². The number of aliphatic hydroxyl groups excluding tert-OH is 1. The Balaban J connectivity index is 1.31. The van der Waals surface area contributed by atoms with Gasteiger partial charge in [-0.1, -0.05) is 0 Å². The molecule has 5 rings (SSSR count). The SMILES string of the molecule is CC(=O)[C@H]1[C@@H]2Cc3cc(OCc4cc(-c5c(C)cc(OCCC(C)(O)CO)cc5C)c(F)cc4F)ncc3[C@@H]21. The minimum atomic E-state index is -1.23. The van der Waals surface area contributed by atoms with Gasteiger partial charge in [0.25, 0.3) is 0 Å². The molecule has 0 amide bonds. The van der Waals surface area contributed by atoms with Gasteiger partial charge in [-0.2, -0.15) is 0 Å². The van der Waals surface area contributed by atoms with Gasteiger partial charge in [-0.15, -0.1) is 0 Å². The predicted octanol–water partition coefficient (Wildman–Crippen LogP) is 5.21. The van der Waals surface area contributed by atoms with Crippen LogP contribution < -0.4 is 9.47 Å². The summed E-state index contributed by atoms with van der Waals surface area (Å²) in [5, 5.41) is 19.1. The first-order valence-electron chi connectivity index (χ1n) is 13.2. The molecule has 0 spiro atoms. The highest BCUT2D eigenvalue weighted by Gasteiger charge is 2.58. The molecule has 1 fully saturated rings. The maximum Gasteiger partial charge on any atom is 0.213 e. The zero-order chi connectivity index (χ0) is 28.1. The molecule has 1 unspecified atom stereocenters. The molecule has 1 saturated carbocycles. The molecule has 4 atom stereocenters. The Bertz CT molecular complexity index is 1410. The predicted molar refractivity (Wildman–Crippen MR) is 142 cm³/mol. The van der Waals surface area contributed by atoms with Crippen LogP contribution in [0.15, 0.2) is 36.5 Å². The van der Waals surface area contributed by atoms with Crippen LogP contribution in [0.5, 0.6) is 11.6 Å². The average Bonchev–Trinajstić information content (AvgIpc) is 3.46. The van der Waals surface area contributed by atoms with Gasteiger partial charge in [-0.25, -0.2) is 13.8 Å². The molecule has 0 radical (unpaired) electrons. The molecule has 8 heteroatoms. The second kappa shape index (κ2) is 10.3. The largest absolute Gasteiger partial charge is 0.493 e. The number of ether oxygens (including phenoxy) is 2. The van der Waals surface area contributed by atoms with Crippen molar-refractivity contribution in [1.29, 1.82) is 0 Å². The third-order valence-electron chi connectivity index (χ3n) is 7.99. The number of benzene rings is 2. The Morgan fingerprint density at radius 1 is 1.10 bits per heavy atom. The van der Waals surface area contributed by atoms with E-state index in [-0.39, 0.29) is 55.0 Å². The van der Waals surface area contributed by atoms with Crippen LogP contribution in [0.4, 0.5) is 8.78 Å². The normalized spacial score (nSPS) is 20.7. The summed E-state index contributed by atoms with van der Waals surface area (Å²) in [7, 11) is 0. The second-order valence-electron chi connectivity index (χ2n) is 11.1. The van der Waals surface area contributed by atoms with Gasteiger partial charge in [0.1, 0.15) is 29.8 Å². The van der Waals surface area contributed by atoms with E-state index in [1.165, 1.54) is 13.0 Å². The summed E-state index contributed by atoms with van der Waals surface area (Å²) in [6.07, 6.45) is 2.82. The van der Waals surface area contributed by atoms with E-state index in [1.54, 1.807) is 25.3 Å². The van der Waals surface area contributed by atoms with Crippen molar-refractivity contribution in [3.8, 4) is 22.8 Å². The Morgan fingerprint density at radius 2 is 1.82 bits per heavy atom. The lowest BCUT2D eigenvalue weighted by molar-refractivity contribution is -0.118. The van der Waals surface area contributed by atoms with Gasteiger partial charge in [0.15, 0.2) is 0 Å². The monoisotopic (exact) mass is 537 g/mol. The van der Waals surface area contributed by atoms with Gasteiger partial charge in [-0.05, 0) is 92.0 Å². The van der Waals surface area contributed by atoms with Crippen molar-refractivity contribution in [3.05, 3.63) is 76.0 Å². The molecule has 206 valence electrons. The Labute approximate surface area is 226 Å². The molecule has 1 heterocycles. The number of hydrogen-bond donors (Lipinski definition) is 2. The minimum Gasteiger partial charge on any atom is -0.493 e. The number of halogens is 2. The fourth-order valence-electron chi connectivity index (χ4n) is 5.85. The number of Topliss-reactive ketones (excluding diaryl/α,β-unsaturated/α-hetero) is 1. The Kier molecular flexibility index (Phi) is 7.20. The lowest BCUT2D eigenvalue weighted by Crippen LogP contribution is -2.31. The fraction of sp³-hybridized carbons (Fsp3) is 0.419. The third kappa shape index (κ3) is 5.40. The van der Waals surface area contributed by atoms with E-state index in [1.807, 2.05) is 19.9 Å². The summed E-state index contributed by atoms with van der Waals surface area (Å²) in [6, 6.07) is 7.74. The van der Waals surface area contributed by atoms with Gasteiger partial charge < -0.3 is 19.7 Å². The molecular weight excluding hydrogens is 504 g/mol. The molecule has 3 aromatic rings. The van der Waals surface area contributed by atoms with E-state index in [2.05, 4.69) is 4.98 Å². The lowest BCUT2D eigenvalue weighted by atomic mass is 9.93. The van der Waals surface area contributed by atoms with E-state index >= 15 is 0 Å². The topological polar surface area (TPSA) is 88.9 Å². The van der Waals surface area contributed by atoms with Crippen LogP contribution in [-0.4, -0.2) is 39.8 Å². The number of fused-ring (bicyclic) bond motifs is 3. The van der Waals surface area contributed by atoms with Crippen molar-refractivity contribution < 1.29 is 33.3 Å². The van der Waals surface area contributed by atoms with E-state index < -0.39 is 17.2 Å². The summed E-state index contributed by atoms with van der Waals surface area (Å²) in [6.45, 7) is 6.54. The highest BCUT2D eigenvalue weighted by atomic mass is 19.1. The van der Waals surface area contributed by atoms with Gasteiger partial charge in [0.2, 0.25) is 5.88 Å². The van der Waals surface area contributed by atoms with Gasteiger partial charge >= 0.3 is 0 Å². The second-order valence-corrected chi connectivity index (χ2v) is 11.1. The van der Waals surface area contributed by atoms with Crippen molar-refractivity contribution in [2.24, 2.45) is 11.8 Å². The number of hydrogen-bond acceptors (Lipinski definition) is 6. The number of pyridine rings is 1. The van der Waals surface area contributed by atoms with Crippen molar-refractivity contribution in [1.82, 2.24) is 4.98 Å². The van der Waals surface area contributed by atoms with Crippen molar-refractivity contribution >= 4 is 5.78 Å². The van der Waals surface area contributed by atoms with Gasteiger partial charge in [-0.3, -0.25) is 4.79 Å². The summed E-state index contributed by atoms with van der Waals surface area (Å²) in [5.74, 6) is 0.489. The molecule has 2 N–H and O–H groups in total. The molecule has 2 aliphatic rings. The van der Waals surface area contributed by atoms with Crippen LogP contribution in [0.3, 0.4) is 0 Å². The first-order valence-corrected chi connectivity index (χ1v) is 13.2. The van der Waals surface area contributed by atoms with Crippen LogP contribution in [-0.2, 0) is 17.8 Å². The molecule has 1 aromatic heterocycles. The zero-order valence-corrected chi connectivity index (χ0v) is 22.6.